The zero-order valence-corrected chi connectivity index (χ0v) is 17.7. The van der Waals surface area contributed by atoms with Crippen molar-refractivity contribution in [2.24, 2.45) is 5.92 Å². The molecule has 0 radical (unpaired) electrons. The normalized spacial score (nSPS) is 27.8. The van der Waals surface area contributed by atoms with E-state index in [-0.39, 0.29) is 17.8 Å². The number of hydrazine groups is 1. The van der Waals surface area contributed by atoms with Crippen LogP contribution >= 0.6 is 0 Å². The van der Waals surface area contributed by atoms with Crippen molar-refractivity contribution in [2.45, 2.75) is 64.0 Å². The smallest absolute Gasteiger partial charge is 0.339 e. The third-order valence-corrected chi connectivity index (χ3v) is 7.13. The largest absolute Gasteiger partial charge is 0.451 e. The highest BCUT2D eigenvalue weighted by molar-refractivity contribution is 5.94. The maximum absolute atomic E-state index is 12.8. The number of fused-ring (bicyclic) bond motifs is 2. The zero-order valence-electron chi connectivity index (χ0n) is 17.7. The Kier molecular flexibility index (Phi) is 5.93. The summed E-state index contributed by atoms with van der Waals surface area (Å²) in [5, 5.41) is 2.08. The first-order valence-electron chi connectivity index (χ1n) is 11.2. The van der Waals surface area contributed by atoms with Gasteiger partial charge in [0.2, 0.25) is 5.91 Å². The number of piperazine rings is 1. The standard InChI is InChI=1S/C23H33N3O3/c1-3-18(4-2)25-13-15-26(16-14-25)24-21(27)17-9-11-23(12-10-17)20-8-6-5-7-19(20)22(28)29-23/h5-8,17-18H,3-4,9-16H2,1-2H3,(H,24,27)/t17-,23-. The van der Waals surface area contributed by atoms with Gasteiger partial charge in [-0.15, -0.1) is 0 Å². The Balaban J connectivity index is 1.29. The van der Waals surface area contributed by atoms with Gasteiger partial charge < -0.3 is 4.74 Å². The van der Waals surface area contributed by atoms with Gasteiger partial charge in [-0.1, -0.05) is 32.0 Å². The lowest BCUT2D eigenvalue weighted by Gasteiger charge is -2.40. The SMILES string of the molecule is CCC(CC)N1CCN(NC(=O)[C@H]2CC[C@@]3(CC2)OC(=O)c2ccccc23)CC1. The molecule has 0 unspecified atom stereocenters. The van der Waals surface area contributed by atoms with E-state index in [2.05, 4.69) is 29.2 Å². The zero-order chi connectivity index (χ0) is 20.4. The summed E-state index contributed by atoms with van der Waals surface area (Å²) >= 11 is 0. The number of ether oxygens (including phenoxy) is 1. The molecule has 1 aromatic rings. The molecular weight excluding hydrogens is 366 g/mol. The molecule has 6 heteroatoms. The first-order chi connectivity index (χ1) is 14.1. The molecule has 29 heavy (non-hydrogen) atoms. The molecule has 1 saturated carbocycles. The van der Waals surface area contributed by atoms with Crippen LogP contribution < -0.4 is 5.43 Å². The maximum Gasteiger partial charge on any atom is 0.339 e. The summed E-state index contributed by atoms with van der Waals surface area (Å²) in [5.74, 6) is -0.114. The van der Waals surface area contributed by atoms with E-state index in [1.807, 2.05) is 24.3 Å². The molecule has 2 heterocycles. The molecule has 1 N–H and O–H groups in total. The average Bonchev–Trinajstić information content (AvgIpc) is 3.02. The van der Waals surface area contributed by atoms with Crippen LogP contribution in [0, 0.1) is 5.92 Å². The predicted molar refractivity (Wildman–Crippen MR) is 111 cm³/mol. The average molecular weight is 400 g/mol. The number of hydrogen-bond acceptors (Lipinski definition) is 5. The summed E-state index contributed by atoms with van der Waals surface area (Å²) in [6.45, 7) is 8.27. The minimum atomic E-state index is -0.522. The fourth-order valence-electron chi connectivity index (χ4n) is 5.31. The Labute approximate surface area is 173 Å². The van der Waals surface area contributed by atoms with Crippen molar-refractivity contribution in [1.29, 1.82) is 0 Å². The lowest BCUT2D eigenvalue weighted by Crippen LogP contribution is -2.56. The molecule has 4 rings (SSSR count). The Morgan fingerprint density at radius 2 is 1.79 bits per heavy atom. The number of carbonyl (C=O) groups excluding carboxylic acids is 2. The van der Waals surface area contributed by atoms with Crippen LogP contribution in [0.5, 0.6) is 0 Å². The molecule has 1 amide bonds. The van der Waals surface area contributed by atoms with Gasteiger partial charge in [0.15, 0.2) is 0 Å². The summed E-state index contributed by atoms with van der Waals surface area (Å²) in [6.07, 6.45) is 5.30. The molecule has 0 aromatic heterocycles. The van der Waals surface area contributed by atoms with Gasteiger partial charge in [-0.3, -0.25) is 15.1 Å². The Hall–Kier alpha value is -1.92. The number of amides is 1. The molecular formula is C23H33N3O3. The quantitative estimate of drug-likeness (QED) is 0.771. The molecule has 1 spiro atoms. The van der Waals surface area contributed by atoms with E-state index in [9.17, 15) is 9.59 Å². The molecule has 1 saturated heterocycles. The lowest BCUT2D eigenvalue weighted by atomic mass is 9.75. The number of esters is 1. The second-order valence-electron chi connectivity index (χ2n) is 8.67. The number of nitrogens with one attached hydrogen (secondary N) is 1. The summed E-state index contributed by atoms with van der Waals surface area (Å²) in [4.78, 5) is 27.6. The van der Waals surface area contributed by atoms with E-state index in [0.717, 1.165) is 57.4 Å². The highest BCUT2D eigenvalue weighted by Crippen LogP contribution is 2.48. The highest BCUT2D eigenvalue weighted by Gasteiger charge is 2.48. The van der Waals surface area contributed by atoms with E-state index in [1.54, 1.807) is 0 Å². The van der Waals surface area contributed by atoms with E-state index in [1.165, 1.54) is 12.8 Å². The number of rotatable bonds is 5. The van der Waals surface area contributed by atoms with Crippen LogP contribution in [0.1, 0.15) is 68.3 Å². The van der Waals surface area contributed by atoms with Crippen LogP contribution in [0.4, 0.5) is 0 Å². The lowest BCUT2D eigenvalue weighted by molar-refractivity contribution is -0.134. The summed E-state index contributed by atoms with van der Waals surface area (Å²) in [5.41, 5.74) is 4.32. The topological polar surface area (TPSA) is 61.9 Å². The van der Waals surface area contributed by atoms with Crippen molar-refractivity contribution in [3.63, 3.8) is 0 Å². The first kappa shape index (κ1) is 20.4. The molecule has 6 nitrogen and oxygen atoms in total. The molecule has 0 bridgehead atoms. The number of benzene rings is 1. The molecule has 2 aliphatic heterocycles. The molecule has 158 valence electrons. The van der Waals surface area contributed by atoms with Gasteiger partial charge in [-0.05, 0) is 44.6 Å². The van der Waals surface area contributed by atoms with Gasteiger partial charge in [0.25, 0.3) is 0 Å². The fraction of sp³-hybridized carbons (Fsp3) is 0.652. The third kappa shape index (κ3) is 3.92. The van der Waals surface area contributed by atoms with E-state index in [0.29, 0.717) is 11.6 Å². The number of nitrogens with zero attached hydrogens (tertiary/aromatic N) is 2. The van der Waals surface area contributed by atoms with E-state index < -0.39 is 5.60 Å². The van der Waals surface area contributed by atoms with Crippen LogP contribution in [0.3, 0.4) is 0 Å². The third-order valence-electron chi connectivity index (χ3n) is 7.13. The number of carbonyl (C=O) groups is 2. The first-order valence-corrected chi connectivity index (χ1v) is 11.2. The van der Waals surface area contributed by atoms with Crippen molar-refractivity contribution >= 4 is 11.9 Å². The summed E-state index contributed by atoms with van der Waals surface area (Å²) in [7, 11) is 0. The second-order valence-corrected chi connectivity index (χ2v) is 8.67. The van der Waals surface area contributed by atoms with Crippen LogP contribution in [0.25, 0.3) is 0 Å². The minimum Gasteiger partial charge on any atom is -0.451 e. The van der Waals surface area contributed by atoms with Gasteiger partial charge in [0.1, 0.15) is 5.60 Å². The second kappa shape index (κ2) is 8.44. The van der Waals surface area contributed by atoms with E-state index >= 15 is 0 Å². The van der Waals surface area contributed by atoms with Crippen LogP contribution in [-0.4, -0.2) is 54.0 Å². The van der Waals surface area contributed by atoms with Crippen LogP contribution in [-0.2, 0) is 15.1 Å². The van der Waals surface area contributed by atoms with Gasteiger partial charge in [-0.2, -0.15) is 0 Å². The van der Waals surface area contributed by atoms with Gasteiger partial charge >= 0.3 is 5.97 Å². The van der Waals surface area contributed by atoms with Crippen LogP contribution in [0.15, 0.2) is 24.3 Å². The number of hydrogen-bond donors (Lipinski definition) is 1. The summed E-state index contributed by atoms with van der Waals surface area (Å²) in [6, 6.07) is 8.33. The summed E-state index contributed by atoms with van der Waals surface area (Å²) < 4.78 is 5.81. The molecule has 3 aliphatic rings. The minimum absolute atomic E-state index is 0.0100. The monoisotopic (exact) mass is 399 g/mol. The van der Waals surface area contributed by atoms with Gasteiger partial charge in [0.05, 0.1) is 5.56 Å². The maximum atomic E-state index is 12.8. The molecule has 0 atom stereocenters. The molecule has 1 aromatic carbocycles. The Morgan fingerprint density at radius 3 is 2.45 bits per heavy atom. The fourth-order valence-corrected chi connectivity index (χ4v) is 5.31. The highest BCUT2D eigenvalue weighted by atomic mass is 16.6. The predicted octanol–water partition coefficient (Wildman–Crippen LogP) is 3.08. The van der Waals surface area contributed by atoms with Crippen molar-refractivity contribution in [3.8, 4) is 0 Å². The van der Waals surface area contributed by atoms with Gasteiger partial charge in [-0.25, -0.2) is 9.80 Å². The molecule has 1 aliphatic carbocycles. The Morgan fingerprint density at radius 1 is 1.14 bits per heavy atom. The van der Waals surface area contributed by atoms with Crippen molar-refractivity contribution in [2.75, 3.05) is 26.2 Å². The Bertz CT molecular complexity index is 745. The molecule has 2 fully saturated rings. The van der Waals surface area contributed by atoms with Crippen molar-refractivity contribution < 1.29 is 14.3 Å². The van der Waals surface area contributed by atoms with E-state index in [4.69, 9.17) is 4.74 Å². The van der Waals surface area contributed by atoms with Crippen molar-refractivity contribution in [1.82, 2.24) is 15.3 Å². The van der Waals surface area contributed by atoms with Crippen LogP contribution in [0.2, 0.25) is 0 Å². The van der Waals surface area contributed by atoms with Gasteiger partial charge in [0, 0.05) is 43.7 Å². The van der Waals surface area contributed by atoms with Crippen molar-refractivity contribution in [3.05, 3.63) is 35.4 Å².